The van der Waals surface area contributed by atoms with Gasteiger partial charge in [-0.15, -0.1) is 0 Å². The summed E-state index contributed by atoms with van der Waals surface area (Å²) in [5.74, 6) is 5.80. The first-order valence-corrected chi connectivity index (χ1v) is 8.93. The molecular weight excluding hydrogens is 296 g/mol. The lowest BCUT2D eigenvalue weighted by Crippen LogP contribution is -2.30. The van der Waals surface area contributed by atoms with E-state index in [1.165, 1.54) is 31.4 Å². The number of pyridine rings is 1. The molecule has 24 heavy (non-hydrogen) atoms. The maximum Gasteiger partial charge on any atom is 0.0663 e. The molecule has 0 radical (unpaired) electrons. The number of aromatic nitrogens is 1. The highest BCUT2D eigenvalue weighted by atomic mass is 15.4. The fourth-order valence-corrected chi connectivity index (χ4v) is 3.69. The quantitative estimate of drug-likeness (QED) is 0.858. The highest BCUT2D eigenvalue weighted by Crippen LogP contribution is 2.29. The van der Waals surface area contributed by atoms with Crippen LogP contribution in [0.25, 0.3) is 0 Å². The summed E-state index contributed by atoms with van der Waals surface area (Å²) in [6, 6.07) is 17.8. The molecule has 128 valence electrons. The molecule has 4 rings (SSSR count). The Morgan fingerprint density at radius 1 is 0.917 bits per heavy atom. The molecule has 2 fully saturated rings. The number of nitrogens with two attached hydrogens (primary N) is 1. The number of nitrogens with zero attached hydrogens (tertiary/aromatic N) is 3. The van der Waals surface area contributed by atoms with E-state index in [1.807, 2.05) is 29.4 Å². The van der Waals surface area contributed by atoms with Crippen LogP contribution in [-0.2, 0) is 0 Å². The second-order valence-corrected chi connectivity index (χ2v) is 6.70. The predicted octanol–water partition coefficient (Wildman–Crippen LogP) is 3.55. The smallest absolute Gasteiger partial charge is 0.0663 e. The Morgan fingerprint density at radius 3 is 2.21 bits per heavy atom. The van der Waals surface area contributed by atoms with Gasteiger partial charge in [-0.1, -0.05) is 36.4 Å². The lowest BCUT2D eigenvalue weighted by atomic mass is 10.1. The molecule has 1 aromatic carbocycles. The van der Waals surface area contributed by atoms with Gasteiger partial charge < -0.3 is 0 Å². The second kappa shape index (κ2) is 8.38. The van der Waals surface area contributed by atoms with Crippen LogP contribution in [0.4, 0.5) is 0 Å². The Hall–Kier alpha value is -1.75. The van der Waals surface area contributed by atoms with Crippen molar-refractivity contribution in [1.82, 2.24) is 14.9 Å². The van der Waals surface area contributed by atoms with Crippen LogP contribution >= 0.6 is 0 Å². The zero-order valence-electron chi connectivity index (χ0n) is 14.5. The predicted molar refractivity (Wildman–Crippen MR) is 98.2 cm³/mol. The zero-order valence-corrected chi connectivity index (χ0v) is 14.5. The fourth-order valence-electron chi connectivity index (χ4n) is 3.69. The van der Waals surface area contributed by atoms with Gasteiger partial charge in [0.15, 0.2) is 0 Å². The number of hydrogen-bond donors (Lipinski definition) is 1. The summed E-state index contributed by atoms with van der Waals surface area (Å²) in [4.78, 5) is 6.73. The van der Waals surface area contributed by atoms with E-state index in [9.17, 15) is 0 Å². The third kappa shape index (κ3) is 4.20. The van der Waals surface area contributed by atoms with Crippen LogP contribution in [-0.4, -0.2) is 35.0 Å². The van der Waals surface area contributed by atoms with Crippen molar-refractivity contribution < 1.29 is 0 Å². The minimum atomic E-state index is 0.339. The van der Waals surface area contributed by atoms with Crippen molar-refractivity contribution in [2.75, 3.05) is 20.1 Å². The Morgan fingerprint density at radius 2 is 1.62 bits per heavy atom. The minimum Gasteiger partial charge on any atom is -0.299 e. The largest absolute Gasteiger partial charge is 0.299 e. The lowest BCUT2D eigenvalue weighted by Gasteiger charge is -2.19. The van der Waals surface area contributed by atoms with Crippen LogP contribution in [0.3, 0.4) is 0 Å². The first kappa shape index (κ1) is 17.1. The first-order valence-electron chi connectivity index (χ1n) is 8.93. The Labute approximate surface area is 145 Å². The van der Waals surface area contributed by atoms with Crippen molar-refractivity contribution in [2.45, 2.75) is 37.8 Å². The molecule has 1 aromatic heterocycles. The van der Waals surface area contributed by atoms with Crippen LogP contribution in [0.15, 0.2) is 54.7 Å². The fraction of sp³-hybridized carbons (Fsp3) is 0.450. The number of hydrazine groups is 1. The molecule has 0 spiro atoms. The summed E-state index contributed by atoms with van der Waals surface area (Å²) in [6.07, 6.45) is 6.79. The Balaban J connectivity index is 0.000000141. The van der Waals surface area contributed by atoms with Crippen molar-refractivity contribution in [3.63, 3.8) is 0 Å². The molecule has 0 amide bonds. The van der Waals surface area contributed by atoms with Crippen molar-refractivity contribution in [3.8, 4) is 0 Å². The molecule has 0 aliphatic carbocycles. The standard InChI is InChI=1S/C11H15N.C9H13N3/c1-12-9-5-8-11(12)10-6-3-2-4-7-10;10-12-7-3-5-9(12)8-4-1-2-6-11-8/h2-4,6-7,11H,5,8-9H2,1H3;1-2,4,6,9H,3,5,7,10H2. The SMILES string of the molecule is CN1CCCC1c1ccccc1.NN1CCCC1c1ccccn1. The van der Waals surface area contributed by atoms with Crippen molar-refractivity contribution in [2.24, 2.45) is 5.84 Å². The first-order chi connectivity index (χ1) is 11.8. The van der Waals surface area contributed by atoms with Crippen LogP contribution < -0.4 is 5.84 Å². The molecule has 2 unspecified atom stereocenters. The van der Waals surface area contributed by atoms with Gasteiger partial charge in [-0.05, 0) is 57.0 Å². The van der Waals surface area contributed by atoms with Gasteiger partial charge >= 0.3 is 0 Å². The monoisotopic (exact) mass is 324 g/mol. The Kier molecular flexibility index (Phi) is 5.96. The normalized spacial score (nSPS) is 24.6. The van der Waals surface area contributed by atoms with Crippen molar-refractivity contribution in [1.29, 1.82) is 0 Å². The van der Waals surface area contributed by atoms with Gasteiger partial charge in [0.2, 0.25) is 0 Å². The van der Waals surface area contributed by atoms with E-state index in [-0.39, 0.29) is 0 Å². The molecule has 2 aliphatic rings. The molecule has 2 saturated heterocycles. The molecule has 3 heterocycles. The highest BCUT2D eigenvalue weighted by molar-refractivity contribution is 5.19. The topological polar surface area (TPSA) is 45.4 Å². The number of likely N-dealkylation sites (tertiary alicyclic amines) is 1. The van der Waals surface area contributed by atoms with E-state index in [1.54, 1.807) is 0 Å². The highest BCUT2D eigenvalue weighted by Gasteiger charge is 2.23. The van der Waals surface area contributed by atoms with E-state index >= 15 is 0 Å². The van der Waals surface area contributed by atoms with Gasteiger partial charge in [0.1, 0.15) is 0 Å². The summed E-state index contributed by atoms with van der Waals surface area (Å²) < 4.78 is 0. The third-order valence-electron chi connectivity index (χ3n) is 5.03. The molecule has 2 N–H and O–H groups in total. The summed E-state index contributed by atoms with van der Waals surface area (Å²) in [5.41, 5.74) is 2.56. The van der Waals surface area contributed by atoms with Crippen molar-refractivity contribution >= 4 is 0 Å². The average molecular weight is 324 g/mol. The summed E-state index contributed by atoms with van der Waals surface area (Å²) >= 11 is 0. The third-order valence-corrected chi connectivity index (χ3v) is 5.03. The van der Waals surface area contributed by atoms with E-state index in [0.717, 1.165) is 18.7 Å². The van der Waals surface area contributed by atoms with E-state index in [0.29, 0.717) is 12.1 Å². The molecular formula is C20H28N4. The molecule has 4 nitrogen and oxygen atoms in total. The summed E-state index contributed by atoms with van der Waals surface area (Å²) in [6.45, 7) is 2.24. The maximum absolute atomic E-state index is 5.80. The van der Waals surface area contributed by atoms with Gasteiger partial charge in [-0.25, -0.2) is 5.01 Å². The Bertz CT molecular complexity index is 546. The van der Waals surface area contributed by atoms with E-state index in [4.69, 9.17) is 5.84 Å². The van der Waals surface area contributed by atoms with E-state index in [2.05, 4.69) is 47.3 Å². The average Bonchev–Trinajstić information content (AvgIpc) is 3.25. The van der Waals surface area contributed by atoms with Gasteiger partial charge in [0, 0.05) is 18.8 Å². The van der Waals surface area contributed by atoms with Crippen LogP contribution in [0.2, 0.25) is 0 Å². The molecule has 2 atom stereocenters. The number of hydrogen-bond acceptors (Lipinski definition) is 4. The van der Waals surface area contributed by atoms with Crippen LogP contribution in [0.5, 0.6) is 0 Å². The summed E-state index contributed by atoms with van der Waals surface area (Å²) in [5, 5.41) is 1.88. The van der Waals surface area contributed by atoms with Crippen LogP contribution in [0.1, 0.15) is 49.0 Å². The van der Waals surface area contributed by atoms with Gasteiger partial charge in [-0.3, -0.25) is 15.7 Å². The van der Waals surface area contributed by atoms with Gasteiger partial charge in [0.05, 0.1) is 11.7 Å². The lowest BCUT2D eigenvalue weighted by molar-refractivity contribution is 0.261. The zero-order chi connectivity index (χ0) is 16.8. The minimum absolute atomic E-state index is 0.339. The molecule has 2 aliphatic heterocycles. The number of rotatable bonds is 2. The molecule has 2 aromatic rings. The molecule has 0 saturated carbocycles. The second-order valence-electron chi connectivity index (χ2n) is 6.70. The molecule has 4 heteroatoms. The van der Waals surface area contributed by atoms with Crippen molar-refractivity contribution in [3.05, 3.63) is 66.0 Å². The van der Waals surface area contributed by atoms with Crippen LogP contribution in [0, 0.1) is 0 Å². The molecule has 0 bridgehead atoms. The van der Waals surface area contributed by atoms with Gasteiger partial charge in [0.25, 0.3) is 0 Å². The number of benzene rings is 1. The summed E-state index contributed by atoms with van der Waals surface area (Å²) in [7, 11) is 2.21. The van der Waals surface area contributed by atoms with E-state index < -0.39 is 0 Å². The van der Waals surface area contributed by atoms with Gasteiger partial charge in [-0.2, -0.15) is 0 Å². The maximum atomic E-state index is 5.80.